The van der Waals surface area contributed by atoms with E-state index in [1.807, 2.05) is 13.8 Å². The fourth-order valence-corrected chi connectivity index (χ4v) is 0.484. The number of nitrogens with one attached hydrogen (secondary N) is 1. The molecule has 56 valence electrons. The van der Waals surface area contributed by atoms with E-state index in [1.54, 1.807) is 0 Å². The fraction of sp³-hybridized carbons (Fsp3) is 1.00. The molecule has 0 saturated heterocycles. The molecule has 0 radical (unpaired) electrons. The maximum Gasteiger partial charge on any atom is 0.0497 e. The maximum atomic E-state index is 8.77. The Kier molecular flexibility index (Phi) is 3.77. The van der Waals surface area contributed by atoms with Gasteiger partial charge in [0.2, 0.25) is 0 Å². The number of rotatable bonds is 4. The summed E-state index contributed by atoms with van der Waals surface area (Å²) in [6, 6.07) is 0. The summed E-state index contributed by atoms with van der Waals surface area (Å²) < 4.78 is 0. The van der Waals surface area contributed by atoms with Gasteiger partial charge in [-0.2, -0.15) is 0 Å². The smallest absolute Gasteiger partial charge is 0.0497 e. The van der Waals surface area contributed by atoms with Gasteiger partial charge in [0.15, 0.2) is 0 Å². The van der Waals surface area contributed by atoms with Crippen LogP contribution in [0.2, 0.25) is 0 Å². The van der Waals surface area contributed by atoms with Gasteiger partial charge < -0.3 is 10.3 Å². The minimum Gasteiger partial charge on any atom is -0.396 e. The van der Waals surface area contributed by atoms with Gasteiger partial charge in [-0.15, -0.1) is 0 Å². The Morgan fingerprint density at radius 1 is 1.56 bits per heavy atom. The molecular weight excluding hydrogens is 118 g/mol. The summed E-state index contributed by atoms with van der Waals surface area (Å²) in [7, 11) is 0. The van der Waals surface area contributed by atoms with Gasteiger partial charge in [-0.25, -0.2) is 5.48 Å². The Morgan fingerprint density at radius 2 is 2.11 bits per heavy atom. The molecular formula is C6H15NO2. The second-order valence-electron chi connectivity index (χ2n) is 2.66. The third-order valence-electron chi connectivity index (χ3n) is 1.74. The van der Waals surface area contributed by atoms with Crippen LogP contribution in [0.5, 0.6) is 0 Å². The first-order valence-corrected chi connectivity index (χ1v) is 3.16. The zero-order chi connectivity index (χ0) is 7.33. The molecule has 0 saturated carbocycles. The minimum atomic E-state index is -0.172. The summed E-state index contributed by atoms with van der Waals surface area (Å²) in [5, 5.41) is 17.1. The highest BCUT2D eigenvalue weighted by atomic mass is 16.5. The molecule has 0 bridgehead atoms. The van der Waals surface area contributed by atoms with Crippen molar-refractivity contribution in [2.45, 2.75) is 20.3 Å². The normalized spacial score (nSPS) is 17.3. The van der Waals surface area contributed by atoms with Gasteiger partial charge in [-0.05, 0) is 6.42 Å². The third-order valence-corrected chi connectivity index (χ3v) is 1.74. The van der Waals surface area contributed by atoms with Crippen molar-refractivity contribution >= 4 is 0 Å². The van der Waals surface area contributed by atoms with Gasteiger partial charge in [0, 0.05) is 18.6 Å². The highest BCUT2D eigenvalue weighted by Gasteiger charge is 2.19. The van der Waals surface area contributed by atoms with E-state index in [0.717, 1.165) is 6.42 Å². The second kappa shape index (κ2) is 3.82. The zero-order valence-corrected chi connectivity index (χ0v) is 6.02. The van der Waals surface area contributed by atoms with Crippen molar-refractivity contribution in [2.75, 3.05) is 13.2 Å². The van der Waals surface area contributed by atoms with E-state index in [1.165, 1.54) is 0 Å². The predicted molar refractivity (Wildman–Crippen MR) is 35.3 cm³/mol. The molecule has 0 aromatic heterocycles. The lowest BCUT2D eigenvalue weighted by molar-refractivity contribution is 0.0713. The SMILES string of the molecule is CCC(C)(CO)CNO. The van der Waals surface area contributed by atoms with Gasteiger partial charge in [0.1, 0.15) is 0 Å². The molecule has 0 spiro atoms. The average molecular weight is 133 g/mol. The lowest BCUT2D eigenvalue weighted by atomic mass is 9.89. The summed E-state index contributed by atoms with van der Waals surface area (Å²) in [4.78, 5) is 0. The van der Waals surface area contributed by atoms with Crippen molar-refractivity contribution < 1.29 is 10.3 Å². The molecule has 0 fully saturated rings. The average Bonchev–Trinajstić information content (AvgIpc) is 1.89. The third kappa shape index (κ3) is 2.79. The minimum absolute atomic E-state index is 0.108. The van der Waals surface area contributed by atoms with Crippen LogP contribution in [-0.2, 0) is 0 Å². The molecule has 0 aliphatic heterocycles. The molecule has 3 nitrogen and oxygen atoms in total. The van der Waals surface area contributed by atoms with Crippen LogP contribution < -0.4 is 5.48 Å². The monoisotopic (exact) mass is 133 g/mol. The zero-order valence-electron chi connectivity index (χ0n) is 6.02. The number of hydroxylamine groups is 1. The molecule has 0 aromatic carbocycles. The molecule has 9 heavy (non-hydrogen) atoms. The van der Waals surface area contributed by atoms with Crippen molar-refractivity contribution in [3.63, 3.8) is 0 Å². The highest BCUT2D eigenvalue weighted by molar-refractivity contribution is 4.71. The summed E-state index contributed by atoms with van der Waals surface area (Å²) in [6.45, 7) is 4.45. The topological polar surface area (TPSA) is 52.5 Å². The summed E-state index contributed by atoms with van der Waals surface area (Å²) in [5.74, 6) is 0. The Hall–Kier alpha value is -0.120. The quantitative estimate of drug-likeness (QED) is 0.486. The standard InChI is InChI=1S/C6H15NO2/c1-3-6(2,5-8)4-7-9/h7-9H,3-5H2,1-2H3. The Balaban J connectivity index is 3.62. The van der Waals surface area contributed by atoms with E-state index >= 15 is 0 Å². The van der Waals surface area contributed by atoms with E-state index in [2.05, 4.69) is 5.48 Å². The molecule has 0 heterocycles. The Bertz CT molecular complexity index is 71.5. The number of aliphatic hydroxyl groups excluding tert-OH is 1. The van der Waals surface area contributed by atoms with Crippen molar-refractivity contribution in [2.24, 2.45) is 5.41 Å². The first-order valence-electron chi connectivity index (χ1n) is 3.16. The second-order valence-corrected chi connectivity index (χ2v) is 2.66. The van der Waals surface area contributed by atoms with Crippen LogP contribution in [0, 0.1) is 5.41 Å². The summed E-state index contributed by atoms with van der Waals surface area (Å²) >= 11 is 0. The van der Waals surface area contributed by atoms with Crippen LogP contribution >= 0.6 is 0 Å². The maximum absolute atomic E-state index is 8.77. The van der Waals surface area contributed by atoms with Gasteiger partial charge in [-0.3, -0.25) is 0 Å². The summed E-state index contributed by atoms with van der Waals surface area (Å²) in [5.41, 5.74) is 1.88. The van der Waals surface area contributed by atoms with Crippen molar-refractivity contribution in [1.29, 1.82) is 0 Å². The van der Waals surface area contributed by atoms with Crippen LogP contribution in [-0.4, -0.2) is 23.5 Å². The van der Waals surface area contributed by atoms with Gasteiger partial charge in [0.25, 0.3) is 0 Å². The van der Waals surface area contributed by atoms with E-state index in [4.69, 9.17) is 10.3 Å². The molecule has 3 heteroatoms. The first-order chi connectivity index (χ1) is 4.18. The van der Waals surface area contributed by atoms with E-state index in [9.17, 15) is 0 Å². The first kappa shape index (κ1) is 8.88. The predicted octanol–water partition coefficient (Wildman–Crippen LogP) is 0.374. The molecule has 0 aromatic rings. The molecule has 0 aliphatic carbocycles. The highest BCUT2D eigenvalue weighted by Crippen LogP contribution is 2.17. The molecule has 0 aliphatic rings. The van der Waals surface area contributed by atoms with Crippen molar-refractivity contribution in [3.8, 4) is 0 Å². The van der Waals surface area contributed by atoms with Crippen LogP contribution in [0.3, 0.4) is 0 Å². The van der Waals surface area contributed by atoms with Crippen molar-refractivity contribution in [3.05, 3.63) is 0 Å². The van der Waals surface area contributed by atoms with Crippen LogP contribution in [0.4, 0.5) is 0 Å². The Morgan fingerprint density at radius 3 is 2.22 bits per heavy atom. The van der Waals surface area contributed by atoms with Crippen molar-refractivity contribution in [1.82, 2.24) is 5.48 Å². The molecule has 0 amide bonds. The number of hydrogen-bond acceptors (Lipinski definition) is 3. The van der Waals surface area contributed by atoms with E-state index in [-0.39, 0.29) is 12.0 Å². The van der Waals surface area contributed by atoms with Crippen LogP contribution in [0.25, 0.3) is 0 Å². The fourth-order valence-electron chi connectivity index (χ4n) is 0.484. The van der Waals surface area contributed by atoms with Crippen LogP contribution in [0.15, 0.2) is 0 Å². The van der Waals surface area contributed by atoms with Gasteiger partial charge in [-0.1, -0.05) is 13.8 Å². The molecule has 3 N–H and O–H groups in total. The lowest BCUT2D eigenvalue weighted by Gasteiger charge is -2.23. The van der Waals surface area contributed by atoms with E-state index in [0.29, 0.717) is 6.54 Å². The molecule has 1 unspecified atom stereocenters. The number of hydrogen-bond donors (Lipinski definition) is 3. The molecule has 1 atom stereocenters. The lowest BCUT2D eigenvalue weighted by Crippen LogP contribution is -2.32. The Labute approximate surface area is 55.7 Å². The number of aliphatic hydroxyl groups is 1. The van der Waals surface area contributed by atoms with Gasteiger partial charge in [0.05, 0.1) is 0 Å². The van der Waals surface area contributed by atoms with Crippen LogP contribution in [0.1, 0.15) is 20.3 Å². The largest absolute Gasteiger partial charge is 0.396 e. The molecule has 0 rings (SSSR count). The van der Waals surface area contributed by atoms with E-state index < -0.39 is 0 Å². The summed E-state index contributed by atoms with van der Waals surface area (Å²) in [6.07, 6.45) is 0.858. The van der Waals surface area contributed by atoms with Gasteiger partial charge >= 0.3 is 0 Å².